The van der Waals surface area contributed by atoms with Crippen LogP contribution < -0.4 is 15.8 Å². The number of ether oxygens (including phenoxy) is 1. The number of nitrogens with zero attached hydrogens (tertiary/aromatic N) is 2. The summed E-state index contributed by atoms with van der Waals surface area (Å²) in [5, 5.41) is 3.46. The van der Waals surface area contributed by atoms with Crippen molar-refractivity contribution in [2.75, 3.05) is 20.2 Å². The number of aliphatic imine (C=N–C) groups is 1. The highest BCUT2D eigenvalue weighted by Gasteiger charge is 2.17. The van der Waals surface area contributed by atoms with E-state index < -0.39 is 0 Å². The number of nitrogens with one attached hydrogen (secondary N) is 1. The van der Waals surface area contributed by atoms with E-state index in [2.05, 4.69) is 15.3 Å². The monoisotopic (exact) mass is 454 g/mol. The minimum Gasteiger partial charge on any atom is -0.497 e. The number of carbonyl (C=O) groups is 1. The molecule has 3 N–H and O–H groups in total. The maximum atomic E-state index is 13.1. The van der Waals surface area contributed by atoms with Gasteiger partial charge in [-0.15, -0.1) is 11.3 Å². The number of aryl methyl sites for hydroxylation is 1. The molecule has 168 valence electrons. The van der Waals surface area contributed by atoms with E-state index >= 15 is 0 Å². The molecule has 6 nitrogen and oxygen atoms in total. The second kappa shape index (κ2) is 11.4. The van der Waals surface area contributed by atoms with Gasteiger partial charge in [0.2, 0.25) is 0 Å². The van der Waals surface area contributed by atoms with Crippen molar-refractivity contribution in [3.05, 3.63) is 75.0 Å². The lowest BCUT2D eigenvalue weighted by Gasteiger charge is -2.11. The van der Waals surface area contributed by atoms with Gasteiger partial charge >= 0.3 is 0 Å². The molecule has 0 spiro atoms. The molecule has 3 rings (SSSR count). The maximum Gasteiger partial charge on any atom is 0.263 e. The summed E-state index contributed by atoms with van der Waals surface area (Å²) < 4.78 is 18.2. The number of thiazole rings is 1. The maximum absolute atomic E-state index is 13.1. The van der Waals surface area contributed by atoms with Gasteiger partial charge in [0.15, 0.2) is 0 Å². The zero-order valence-electron chi connectivity index (χ0n) is 18.2. The minimum atomic E-state index is -0.205. The molecule has 32 heavy (non-hydrogen) atoms. The third-order valence-corrected chi connectivity index (χ3v) is 6.16. The molecule has 2 aromatic rings. The fourth-order valence-electron chi connectivity index (χ4n) is 3.07. The Morgan fingerprint density at radius 1 is 1.31 bits per heavy atom. The Morgan fingerprint density at radius 2 is 2.09 bits per heavy atom. The van der Waals surface area contributed by atoms with Crippen LogP contribution in [0.4, 0.5) is 4.39 Å². The average molecular weight is 455 g/mol. The van der Waals surface area contributed by atoms with Crippen molar-refractivity contribution < 1.29 is 13.9 Å². The molecule has 0 bridgehead atoms. The third-order valence-electron chi connectivity index (χ3n) is 4.96. The van der Waals surface area contributed by atoms with Crippen molar-refractivity contribution in [3.8, 4) is 5.75 Å². The summed E-state index contributed by atoms with van der Waals surface area (Å²) >= 11 is 1.25. The highest BCUT2D eigenvalue weighted by Crippen LogP contribution is 2.23. The van der Waals surface area contributed by atoms with Crippen molar-refractivity contribution in [1.82, 2.24) is 10.3 Å². The van der Waals surface area contributed by atoms with Gasteiger partial charge in [-0.2, -0.15) is 0 Å². The largest absolute Gasteiger partial charge is 0.497 e. The second-order valence-electron chi connectivity index (χ2n) is 7.33. The number of amides is 1. The first-order valence-electron chi connectivity index (χ1n) is 10.3. The third kappa shape index (κ3) is 6.62. The Labute approximate surface area is 191 Å². The molecule has 1 aromatic heterocycles. The summed E-state index contributed by atoms with van der Waals surface area (Å²) in [6.45, 7) is 2.81. The quantitative estimate of drug-likeness (QED) is 0.551. The Kier molecular flexibility index (Phi) is 8.33. The normalized spacial score (nSPS) is 14.3. The van der Waals surface area contributed by atoms with Gasteiger partial charge in [-0.25, -0.2) is 9.37 Å². The highest BCUT2D eigenvalue weighted by molar-refractivity contribution is 7.14. The van der Waals surface area contributed by atoms with Crippen molar-refractivity contribution >= 4 is 29.2 Å². The molecular weight excluding hydrogens is 427 g/mol. The summed E-state index contributed by atoms with van der Waals surface area (Å²) in [6.07, 6.45) is 8.34. The van der Waals surface area contributed by atoms with Crippen LogP contribution in [0, 0.1) is 6.92 Å². The van der Waals surface area contributed by atoms with E-state index in [1.165, 1.54) is 23.0 Å². The molecule has 1 amide bonds. The van der Waals surface area contributed by atoms with E-state index in [9.17, 15) is 9.18 Å². The number of benzene rings is 1. The van der Waals surface area contributed by atoms with Crippen molar-refractivity contribution in [3.63, 3.8) is 0 Å². The highest BCUT2D eigenvalue weighted by atomic mass is 32.1. The van der Waals surface area contributed by atoms with Crippen LogP contribution in [0.3, 0.4) is 0 Å². The molecule has 1 aliphatic rings. The first-order valence-corrected chi connectivity index (χ1v) is 11.2. The second-order valence-corrected chi connectivity index (χ2v) is 8.33. The van der Waals surface area contributed by atoms with E-state index in [-0.39, 0.29) is 11.7 Å². The van der Waals surface area contributed by atoms with Crippen LogP contribution in [-0.2, 0) is 6.42 Å². The number of methoxy groups -OCH3 is 1. The van der Waals surface area contributed by atoms with Crippen LogP contribution in [0.2, 0.25) is 0 Å². The van der Waals surface area contributed by atoms with Crippen molar-refractivity contribution in [2.45, 2.75) is 26.2 Å². The standard InChI is InChI=1S/C24H27FN4O2S/c1-16-22(23(30)28-15-18-3-7-19(25)8-4-18)32-24(29-16)21(26)12-14-27-13-11-17-5-9-20(31-2)10-6-17/h3,5-7,9-10,12,14H,4,8,11,13,15,26H2,1-2H3,(H,28,30). The van der Waals surface area contributed by atoms with Crippen LogP contribution in [0.5, 0.6) is 5.75 Å². The first kappa shape index (κ1) is 23.4. The Balaban J connectivity index is 1.52. The van der Waals surface area contributed by atoms with Gasteiger partial charge in [0.05, 0.1) is 18.5 Å². The molecule has 0 radical (unpaired) electrons. The number of rotatable bonds is 9. The lowest BCUT2D eigenvalue weighted by atomic mass is 10.0. The van der Waals surface area contributed by atoms with Gasteiger partial charge in [-0.05, 0) is 49.6 Å². The number of hydrogen-bond donors (Lipinski definition) is 2. The van der Waals surface area contributed by atoms with E-state index in [4.69, 9.17) is 10.5 Å². The molecule has 8 heteroatoms. The summed E-state index contributed by atoms with van der Waals surface area (Å²) in [6, 6.07) is 7.89. The number of carbonyl (C=O) groups excluding carboxylic acids is 1. The van der Waals surface area contributed by atoms with Gasteiger partial charge in [-0.3, -0.25) is 9.79 Å². The van der Waals surface area contributed by atoms with E-state index in [0.29, 0.717) is 47.2 Å². The summed E-state index contributed by atoms with van der Waals surface area (Å²) in [4.78, 5) is 21.8. The number of halogens is 1. The fraction of sp³-hybridized carbons (Fsp3) is 0.292. The zero-order valence-corrected chi connectivity index (χ0v) is 19.0. The molecule has 0 unspecified atom stereocenters. The Hall–Kier alpha value is -3.26. The fourth-order valence-corrected chi connectivity index (χ4v) is 3.99. The number of aromatic nitrogens is 1. The Bertz CT molecular complexity index is 1070. The van der Waals surface area contributed by atoms with E-state index in [0.717, 1.165) is 17.7 Å². The van der Waals surface area contributed by atoms with Crippen molar-refractivity contribution in [1.29, 1.82) is 0 Å². The molecule has 1 aromatic carbocycles. The molecule has 1 heterocycles. The number of hydrogen-bond acceptors (Lipinski definition) is 6. The summed E-state index contributed by atoms with van der Waals surface area (Å²) in [5.74, 6) is 0.496. The Morgan fingerprint density at radius 3 is 2.78 bits per heavy atom. The smallest absolute Gasteiger partial charge is 0.263 e. The molecule has 1 aliphatic carbocycles. The minimum absolute atomic E-state index is 0.130. The van der Waals surface area contributed by atoms with Gasteiger partial charge in [-0.1, -0.05) is 23.8 Å². The van der Waals surface area contributed by atoms with Crippen molar-refractivity contribution in [2.24, 2.45) is 10.7 Å². The molecule has 0 saturated heterocycles. The lowest BCUT2D eigenvalue weighted by Crippen LogP contribution is -2.25. The van der Waals surface area contributed by atoms with Gasteiger partial charge in [0, 0.05) is 25.7 Å². The average Bonchev–Trinajstić information content (AvgIpc) is 3.20. The van der Waals surface area contributed by atoms with Crippen LogP contribution in [-0.4, -0.2) is 37.3 Å². The summed E-state index contributed by atoms with van der Waals surface area (Å²) in [7, 11) is 1.64. The predicted molar refractivity (Wildman–Crippen MR) is 128 cm³/mol. The van der Waals surface area contributed by atoms with Gasteiger partial charge in [0.1, 0.15) is 21.5 Å². The molecular formula is C24H27FN4O2S. The topological polar surface area (TPSA) is 89.6 Å². The van der Waals surface area contributed by atoms with Crippen LogP contribution in [0.25, 0.3) is 5.70 Å². The lowest BCUT2D eigenvalue weighted by molar-refractivity contribution is 0.0960. The SMILES string of the molecule is COc1ccc(CCN=CC=C(N)c2nc(C)c(C(=O)NCC3=CC=C(F)CC3)s2)cc1. The first-order chi connectivity index (χ1) is 15.5. The predicted octanol–water partition coefficient (Wildman–Crippen LogP) is 4.38. The van der Waals surface area contributed by atoms with Gasteiger partial charge in [0.25, 0.3) is 5.91 Å². The van der Waals surface area contributed by atoms with Crippen LogP contribution in [0.15, 0.2) is 58.9 Å². The molecule has 0 atom stereocenters. The van der Waals surface area contributed by atoms with Crippen LogP contribution in [0.1, 0.15) is 38.8 Å². The van der Waals surface area contributed by atoms with Gasteiger partial charge < -0.3 is 15.8 Å². The summed E-state index contributed by atoms with van der Waals surface area (Å²) in [5.41, 5.74) is 9.38. The zero-order chi connectivity index (χ0) is 22.9. The van der Waals surface area contributed by atoms with E-state index in [1.54, 1.807) is 32.4 Å². The number of allylic oxidation sites excluding steroid dienone is 4. The number of nitrogens with two attached hydrogens (primary N) is 1. The van der Waals surface area contributed by atoms with Crippen LogP contribution >= 0.6 is 11.3 Å². The molecule has 0 fully saturated rings. The van der Waals surface area contributed by atoms with E-state index in [1.807, 2.05) is 24.3 Å². The molecule has 0 aliphatic heterocycles. The molecule has 0 saturated carbocycles.